The van der Waals surface area contributed by atoms with E-state index in [1.807, 2.05) is 30.3 Å². The van der Waals surface area contributed by atoms with Gasteiger partial charge in [-0.3, -0.25) is 14.5 Å². The first-order chi connectivity index (χ1) is 17.9. The highest BCUT2D eigenvalue weighted by molar-refractivity contribution is 7.15. The molecule has 1 aliphatic rings. The van der Waals surface area contributed by atoms with E-state index in [0.29, 0.717) is 28.7 Å². The number of benzene rings is 2. The number of unbranched alkanes of at least 4 members (excludes halogenated alkanes) is 2. The molecule has 0 fully saturated rings. The third-order valence-corrected chi connectivity index (χ3v) is 6.77. The van der Waals surface area contributed by atoms with Gasteiger partial charge in [-0.25, -0.2) is 0 Å². The molecule has 1 N–H and O–H groups in total. The van der Waals surface area contributed by atoms with Crippen molar-refractivity contribution in [3.05, 3.63) is 82.1 Å². The van der Waals surface area contributed by atoms with Gasteiger partial charge in [-0.1, -0.05) is 73.6 Å². The summed E-state index contributed by atoms with van der Waals surface area (Å²) in [5, 5.41) is 19.9. The molecule has 1 aliphatic heterocycles. The van der Waals surface area contributed by atoms with Gasteiger partial charge >= 0.3 is 0 Å². The number of amides is 1. The third-order valence-electron chi connectivity index (χ3n) is 5.93. The lowest BCUT2D eigenvalue weighted by atomic mass is 9.95. The molecule has 4 rings (SSSR count). The van der Waals surface area contributed by atoms with Crippen molar-refractivity contribution in [2.24, 2.45) is 0 Å². The molecule has 1 aromatic heterocycles. The van der Waals surface area contributed by atoms with E-state index in [1.165, 1.54) is 29.4 Å². The number of rotatable bonds is 11. The van der Waals surface area contributed by atoms with Crippen LogP contribution in [0.5, 0.6) is 11.5 Å². The number of carbonyl (C=O) groups is 2. The molecule has 2 aromatic carbocycles. The van der Waals surface area contributed by atoms with Crippen LogP contribution in [0.1, 0.15) is 48.4 Å². The molecular weight excluding hydrogens is 490 g/mol. The van der Waals surface area contributed by atoms with Gasteiger partial charge in [-0.2, -0.15) is 0 Å². The van der Waals surface area contributed by atoms with Crippen molar-refractivity contribution in [3.8, 4) is 11.5 Å². The van der Waals surface area contributed by atoms with Crippen LogP contribution in [-0.2, 0) is 9.59 Å². The minimum absolute atomic E-state index is 0.0382. The standard InChI is InChI=1S/C28H29N3O5S/c1-4-5-9-16-36-22-15-13-20(17-23(22)35-3)25-24(21(32)14-12-19-10-7-6-8-11-19)26(33)27(34)31(25)28-30-29-18(2)37-28/h6-8,10-15,17,25,33H,4-5,9,16H2,1-3H3/b14-12+. The maximum absolute atomic E-state index is 13.4. The molecule has 9 heteroatoms. The minimum atomic E-state index is -0.921. The fourth-order valence-corrected chi connectivity index (χ4v) is 4.80. The fraction of sp³-hybridized carbons (Fsp3) is 0.286. The smallest absolute Gasteiger partial charge is 0.296 e. The van der Waals surface area contributed by atoms with Gasteiger partial charge in [0, 0.05) is 0 Å². The molecule has 1 atom stereocenters. The van der Waals surface area contributed by atoms with E-state index >= 15 is 0 Å². The van der Waals surface area contributed by atoms with Crippen molar-refractivity contribution >= 4 is 34.2 Å². The Bertz CT molecular complexity index is 1330. The summed E-state index contributed by atoms with van der Waals surface area (Å²) in [5.74, 6) is -0.777. The molecule has 0 bridgehead atoms. The summed E-state index contributed by atoms with van der Waals surface area (Å²) < 4.78 is 11.5. The zero-order chi connectivity index (χ0) is 26.4. The Kier molecular flexibility index (Phi) is 8.35. The number of anilines is 1. The topological polar surface area (TPSA) is 102 Å². The van der Waals surface area contributed by atoms with E-state index in [2.05, 4.69) is 17.1 Å². The second-order valence-corrected chi connectivity index (χ2v) is 9.68. The van der Waals surface area contributed by atoms with E-state index < -0.39 is 23.5 Å². The fourth-order valence-electron chi connectivity index (χ4n) is 4.09. The molecule has 1 amide bonds. The number of aliphatic hydroxyl groups excluding tert-OH is 1. The predicted octanol–water partition coefficient (Wildman–Crippen LogP) is 5.61. The molecule has 0 saturated heterocycles. The van der Waals surface area contributed by atoms with Crippen molar-refractivity contribution in [1.29, 1.82) is 0 Å². The van der Waals surface area contributed by atoms with Crippen LogP contribution in [0.15, 0.2) is 65.9 Å². The first-order valence-electron chi connectivity index (χ1n) is 12.1. The molecule has 0 saturated carbocycles. The highest BCUT2D eigenvalue weighted by atomic mass is 32.1. The van der Waals surface area contributed by atoms with Gasteiger partial charge in [0.2, 0.25) is 5.13 Å². The van der Waals surface area contributed by atoms with Gasteiger partial charge in [-0.15, -0.1) is 10.2 Å². The molecule has 0 aliphatic carbocycles. The van der Waals surface area contributed by atoms with Crippen LogP contribution in [0.25, 0.3) is 6.08 Å². The SMILES string of the molecule is CCCCCOc1ccc(C2C(C(=O)/C=C/c3ccccc3)=C(O)C(=O)N2c2nnc(C)s2)cc1OC. The average molecular weight is 520 g/mol. The van der Waals surface area contributed by atoms with Crippen molar-refractivity contribution in [1.82, 2.24) is 10.2 Å². The molecular formula is C28H29N3O5S. The Morgan fingerprint density at radius 3 is 2.59 bits per heavy atom. The van der Waals surface area contributed by atoms with Gasteiger partial charge < -0.3 is 14.6 Å². The van der Waals surface area contributed by atoms with Crippen LogP contribution < -0.4 is 14.4 Å². The molecule has 1 unspecified atom stereocenters. The Balaban J connectivity index is 1.73. The maximum Gasteiger partial charge on any atom is 0.296 e. The first kappa shape index (κ1) is 26.1. The van der Waals surface area contributed by atoms with E-state index in [9.17, 15) is 14.7 Å². The number of aromatic nitrogens is 2. The van der Waals surface area contributed by atoms with Crippen LogP contribution in [0, 0.1) is 6.92 Å². The maximum atomic E-state index is 13.4. The van der Waals surface area contributed by atoms with Crippen molar-refractivity contribution in [2.75, 3.05) is 18.6 Å². The van der Waals surface area contributed by atoms with Crippen LogP contribution >= 0.6 is 11.3 Å². The Hall–Kier alpha value is -3.98. The number of hydrogen-bond acceptors (Lipinski definition) is 8. The Labute approximate surface area is 219 Å². The number of nitrogens with zero attached hydrogens (tertiary/aromatic N) is 3. The van der Waals surface area contributed by atoms with Crippen LogP contribution in [0.2, 0.25) is 0 Å². The molecule has 3 aromatic rings. The quantitative estimate of drug-likeness (QED) is 0.260. The van der Waals surface area contributed by atoms with Crippen molar-refractivity contribution in [3.63, 3.8) is 0 Å². The van der Waals surface area contributed by atoms with Crippen LogP contribution in [-0.4, -0.2) is 40.7 Å². The summed E-state index contributed by atoms with van der Waals surface area (Å²) >= 11 is 1.20. The molecule has 192 valence electrons. The highest BCUT2D eigenvalue weighted by Gasteiger charge is 2.45. The Morgan fingerprint density at radius 1 is 1.14 bits per heavy atom. The summed E-state index contributed by atoms with van der Waals surface area (Å²) in [5.41, 5.74) is 1.35. The van der Waals surface area contributed by atoms with Crippen LogP contribution in [0.3, 0.4) is 0 Å². The van der Waals surface area contributed by atoms with Crippen LogP contribution in [0.4, 0.5) is 5.13 Å². The Morgan fingerprint density at radius 2 is 1.92 bits per heavy atom. The van der Waals surface area contributed by atoms with Gasteiger partial charge in [-0.05, 0) is 42.7 Å². The zero-order valence-electron chi connectivity index (χ0n) is 21.0. The molecule has 37 heavy (non-hydrogen) atoms. The van der Waals surface area contributed by atoms with Gasteiger partial charge in [0.05, 0.1) is 25.3 Å². The number of aliphatic hydroxyl groups is 1. The number of aryl methyl sites for hydroxylation is 1. The first-order valence-corrected chi connectivity index (χ1v) is 12.9. The summed E-state index contributed by atoms with van der Waals surface area (Å²) in [6.07, 6.45) is 6.08. The zero-order valence-corrected chi connectivity index (χ0v) is 21.8. The van der Waals surface area contributed by atoms with E-state index in [0.717, 1.165) is 24.8 Å². The number of ether oxygens (including phenoxy) is 2. The van der Waals surface area contributed by atoms with E-state index in [4.69, 9.17) is 9.47 Å². The second kappa shape index (κ2) is 11.8. The number of allylic oxidation sites excluding steroid dienone is 1. The van der Waals surface area contributed by atoms with E-state index in [1.54, 1.807) is 31.2 Å². The van der Waals surface area contributed by atoms with Gasteiger partial charge in [0.25, 0.3) is 5.91 Å². The largest absolute Gasteiger partial charge is 0.503 e. The predicted molar refractivity (Wildman–Crippen MR) is 143 cm³/mol. The van der Waals surface area contributed by atoms with Gasteiger partial charge in [0.1, 0.15) is 5.01 Å². The number of carbonyl (C=O) groups excluding carboxylic acids is 2. The number of ketones is 1. The summed E-state index contributed by atoms with van der Waals surface area (Å²) in [6, 6.07) is 13.6. The third kappa shape index (κ3) is 5.72. The lowest BCUT2D eigenvalue weighted by Crippen LogP contribution is -2.30. The monoisotopic (exact) mass is 519 g/mol. The lowest BCUT2D eigenvalue weighted by molar-refractivity contribution is -0.117. The van der Waals surface area contributed by atoms with Crippen molar-refractivity contribution < 1.29 is 24.2 Å². The van der Waals surface area contributed by atoms with E-state index in [-0.39, 0.29) is 10.7 Å². The second-order valence-electron chi connectivity index (χ2n) is 8.52. The molecule has 8 nitrogen and oxygen atoms in total. The summed E-state index contributed by atoms with van der Waals surface area (Å²) in [4.78, 5) is 27.9. The normalized spacial score (nSPS) is 15.6. The summed E-state index contributed by atoms with van der Waals surface area (Å²) in [7, 11) is 1.53. The molecule has 0 spiro atoms. The molecule has 2 heterocycles. The highest BCUT2D eigenvalue weighted by Crippen LogP contribution is 2.44. The van der Waals surface area contributed by atoms with Crippen molar-refractivity contribution in [2.45, 2.75) is 39.2 Å². The lowest BCUT2D eigenvalue weighted by Gasteiger charge is -2.24. The number of methoxy groups -OCH3 is 1. The van der Waals surface area contributed by atoms with Gasteiger partial charge in [0.15, 0.2) is 23.0 Å². The molecule has 0 radical (unpaired) electrons. The minimum Gasteiger partial charge on any atom is -0.503 e. The average Bonchev–Trinajstić information content (AvgIpc) is 3.45. The summed E-state index contributed by atoms with van der Waals surface area (Å²) in [6.45, 7) is 4.45. The number of hydrogen-bond donors (Lipinski definition) is 1.